The Balaban J connectivity index is 1.66. The summed E-state index contributed by atoms with van der Waals surface area (Å²) in [6, 6.07) is 43.7. The van der Waals surface area contributed by atoms with Gasteiger partial charge in [0.25, 0.3) is 0 Å². The lowest BCUT2D eigenvalue weighted by Gasteiger charge is -2.35. The second-order valence-corrected chi connectivity index (χ2v) is 9.96. The average Bonchev–Trinajstić information content (AvgIpc) is 3.03. The molecule has 5 aromatic rings. The van der Waals surface area contributed by atoms with Gasteiger partial charge in [0, 0.05) is 16.5 Å². The number of benzene rings is 5. The van der Waals surface area contributed by atoms with Crippen LogP contribution in [-0.4, -0.2) is 0 Å². The minimum Gasteiger partial charge on any atom is -0.489 e. The Kier molecular flexibility index (Phi) is 8.27. The fourth-order valence-electron chi connectivity index (χ4n) is 5.09. The maximum atomic E-state index is 6.56. The van der Waals surface area contributed by atoms with E-state index in [0.29, 0.717) is 13.2 Å². The molecular weight excluding hydrogens is 488 g/mol. The molecule has 40 heavy (non-hydrogen) atoms. The Bertz CT molecular complexity index is 1470. The van der Waals surface area contributed by atoms with E-state index in [9.17, 15) is 0 Å². The van der Waals surface area contributed by atoms with Crippen LogP contribution in [-0.2, 0) is 18.6 Å². The highest BCUT2D eigenvalue weighted by Gasteiger charge is 2.36. The minimum absolute atomic E-state index is 0.464. The van der Waals surface area contributed by atoms with Gasteiger partial charge >= 0.3 is 0 Å². The number of rotatable bonds is 11. The minimum atomic E-state index is -0.585. The molecule has 0 amide bonds. The molecule has 0 aromatic heterocycles. The molecule has 198 valence electrons. The topological polar surface area (TPSA) is 18.5 Å². The number of hydrogen-bond donors (Lipinski definition) is 0. The average molecular weight is 523 g/mol. The number of hydrogen-bond acceptors (Lipinski definition) is 2. The van der Waals surface area contributed by atoms with Crippen molar-refractivity contribution in [1.29, 1.82) is 0 Å². The van der Waals surface area contributed by atoms with Crippen molar-refractivity contribution in [3.8, 4) is 11.5 Å². The molecule has 0 aliphatic carbocycles. The van der Waals surface area contributed by atoms with Gasteiger partial charge in [-0.1, -0.05) is 141 Å². The molecule has 0 bridgehead atoms. The molecule has 0 aliphatic heterocycles. The largest absolute Gasteiger partial charge is 0.489 e. The molecule has 0 radical (unpaired) electrons. The van der Waals surface area contributed by atoms with Crippen LogP contribution in [0.1, 0.15) is 45.9 Å². The molecule has 0 saturated carbocycles. The van der Waals surface area contributed by atoms with Crippen molar-refractivity contribution in [2.24, 2.45) is 0 Å². The van der Waals surface area contributed by atoms with Crippen molar-refractivity contribution in [3.05, 3.63) is 179 Å². The summed E-state index contributed by atoms with van der Waals surface area (Å²) in [7, 11) is 0. The first kappa shape index (κ1) is 26.8. The third-order valence-corrected chi connectivity index (χ3v) is 7.39. The molecule has 2 heteroatoms. The van der Waals surface area contributed by atoms with E-state index in [4.69, 9.17) is 9.47 Å². The van der Waals surface area contributed by atoms with Crippen LogP contribution in [0, 0.1) is 0 Å². The third-order valence-electron chi connectivity index (χ3n) is 7.39. The fourth-order valence-corrected chi connectivity index (χ4v) is 5.09. The van der Waals surface area contributed by atoms with Crippen molar-refractivity contribution in [3.63, 3.8) is 0 Å². The lowest BCUT2D eigenvalue weighted by Crippen LogP contribution is -2.27. The summed E-state index contributed by atoms with van der Waals surface area (Å²) in [4.78, 5) is 0. The molecular formula is C38H34O2. The van der Waals surface area contributed by atoms with Crippen LogP contribution in [0.4, 0.5) is 0 Å². The van der Waals surface area contributed by atoms with Crippen LogP contribution < -0.4 is 9.47 Å². The van der Waals surface area contributed by atoms with Crippen LogP contribution in [0.2, 0.25) is 0 Å². The number of ether oxygens (including phenoxy) is 2. The van der Waals surface area contributed by atoms with Crippen LogP contribution in [0.15, 0.2) is 141 Å². The summed E-state index contributed by atoms with van der Waals surface area (Å²) < 4.78 is 13.1. The van der Waals surface area contributed by atoms with E-state index < -0.39 is 5.41 Å². The SMILES string of the molecule is C=Cc1ccc(C(C)(c2ccccc2)c2ccc(C=C)cc2OCc2ccccc2)c(OCc2ccccc2)c1. The second-order valence-electron chi connectivity index (χ2n) is 9.96. The predicted molar refractivity (Wildman–Crippen MR) is 167 cm³/mol. The van der Waals surface area contributed by atoms with Crippen LogP contribution >= 0.6 is 0 Å². The maximum Gasteiger partial charge on any atom is 0.124 e. The molecule has 5 aromatic carbocycles. The quantitative estimate of drug-likeness (QED) is 0.161. The summed E-state index contributed by atoms with van der Waals surface area (Å²) in [5.74, 6) is 1.63. The van der Waals surface area contributed by atoms with Crippen LogP contribution in [0.3, 0.4) is 0 Å². The van der Waals surface area contributed by atoms with Gasteiger partial charge in [0.2, 0.25) is 0 Å². The summed E-state index contributed by atoms with van der Waals surface area (Å²) in [6.07, 6.45) is 3.71. The first-order chi connectivity index (χ1) is 19.6. The van der Waals surface area contributed by atoms with E-state index in [0.717, 1.165) is 50.4 Å². The Labute approximate surface area is 237 Å². The first-order valence-electron chi connectivity index (χ1n) is 13.5. The fraction of sp³-hybridized carbons (Fsp3) is 0.105. The van der Waals surface area contributed by atoms with Gasteiger partial charge < -0.3 is 9.47 Å². The van der Waals surface area contributed by atoms with Gasteiger partial charge in [-0.15, -0.1) is 0 Å². The third kappa shape index (κ3) is 5.77. The van der Waals surface area contributed by atoms with Gasteiger partial charge in [0.05, 0.1) is 0 Å². The summed E-state index contributed by atoms with van der Waals surface area (Å²) >= 11 is 0. The van der Waals surface area contributed by atoms with Crippen molar-refractivity contribution < 1.29 is 9.47 Å². The Morgan fingerprint density at radius 2 is 0.950 bits per heavy atom. The molecule has 0 atom stereocenters. The summed E-state index contributed by atoms with van der Waals surface area (Å²) in [5, 5.41) is 0. The van der Waals surface area contributed by atoms with Crippen molar-refractivity contribution >= 4 is 12.2 Å². The van der Waals surface area contributed by atoms with Crippen LogP contribution in [0.25, 0.3) is 12.2 Å². The van der Waals surface area contributed by atoms with Gasteiger partial charge in [0.15, 0.2) is 0 Å². The normalized spacial score (nSPS) is 11.0. The Hall–Kier alpha value is -4.82. The highest BCUT2D eigenvalue weighted by molar-refractivity contribution is 5.63. The smallest absolute Gasteiger partial charge is 0.124 e. The first-order valence-corrected chi connectivity index (χ1v) is 13.5. The molecule has 0 saturated heterocycles. The molecule has 0 heterocycles. The standard InChI is InChI=1S/C38H34O2/c1-4-29-21-23-34(36(25-29)39-27-31-15-9-6-10-16-31)38(3,33-19-13-8-14-20-33)35-24-22-30(5-2)26-37(35)40-28-32-17-11-7-12-18-32/h4-26H,1-2,27-28H2,3H3. The molecule has 0 spiro atoms. The van der Waals surface area contributed by atoms with Crippen molar-refractivity contribution in [1.82, 2.24) is 0 Å². The highest BCUT2D eigenvalue weighted by Crippen LogP contribution is 2.47. The van der Waals surface area contributed by atoms with E-state index in [2.05, 4.69) is 105 Å². The summed E-state index contributed by atoms with van der Waals surface area (Å²) in [6.45, 7) is 11.2. The summed E-state index contributed by atoms with van der Waals surface area (Å²) in [5.41, 5.74) is 6.89. The van der Waals surface area contributed by atoms with E-state index in [-0.39, 0.29) is 0 Å². The predicted octanol–water partition coefficient (Wildman–Crippen LogP) is 9.48. The van der Waals surface area contributed by atoms with E-state index in [1.165, 1.54) is 0 Å². The molecule has 0 fully saturated rings. The zero-order valence-electron chi connectivity index (χ0n) is 22.9. The van der Waals surface area contributed by atoms with Crippen molar-refractivity contribution in [2.75, 3.05) is 0 Å². The molecule has 0 unspecified atom stereocenters. The highest BCUT2D eigenvalue weighted by atomic mass is 16.5. The van der Waals surface area contributed by atoms with E-state index >= 15 is 0 Å². The van der Waals surface area contributed by atoms with Gasteiger partial charge in [-0.05, 0) is 46.9 Å². The van der Waals surface area contributed by atoms with Gasteiger partial charge in [-0.2, -0.15) is 0 Å². The molecule has 0 N–H and O–H groups in total. The lowest BCUT2D eigenvalue weighted by atomic mass is 9.70. The van der Waals surface area contributed by atoms with Gasteiger partial charge in [0.1, 0.15) is 24.7 Å². The Morgan fingerprint density at radius 3 is 1.35 bits per heavy atom. The monoisotopic (exact) mass is 522 g/mol. The van der Waals surface area contributed by atoms with Gasteiger partial charge in [-0.25, -0.2) is 0 Å². The zero-order valence-corrected chi connectivity index (χ0v) is 22.9. The Morgan fingerprint density at radius 1 is 0.550 bits per heavy atom. The second kappa shape index (κ2) is 12.4. The van der Waals surface area contributed by atoms with E-state index in [1.807, 2.05) is 54.6 Å². The van der Waals surface area contributed by atoms with Crippen LogP contribution in [0.5, 0.6) is 11.5 Å². The molecule has 2 nitrogen and oxygen atoms in total. The van der Waals surface area contributed by atoms with Crippen molar-refractivity contribution in [2.45, 2.75) is 25.6 Å². The molecule has 0 aliphatic rings. The molecule has 5 rings (SSSR count). The van der Waals surface area contributed by atoms with E-state index in [1.54, 1.807) is 0 Å². The maximum absolute atomic E-state index is 6.56. The lowest BCUT2D eigenvalue weighted by molar-refractivity contribution is 0.293. The van der Waals surface area contributed by atoms with Gasteiger partial charge in [-0.3, -0.25) is 0 Å². The zero-order chi connectivity index (χ0) is 27.8.